The second-order valence-electron chi connectivity index (χ2n) is 4.12. The van der Waals surface area contributed by atoms with Crippen LogP contribution in [0, 0.1) is 10.1 Å². The van der Waals surface area contributed by atoms with Gasteiger partial charge in [0, 0.05) is 28.4 Å². The fraction of sp³-hybridized carbons (Fsp3) is 0.231. The molecule has 0 aliphatic carbocycles. The van der Waals surface area contributed by atoms with Crippen LogP contribution in [0.2, 0.25) is 10.0 Å². The van der Waals surface area contributed by atoms with Crippen molar-refractivity contribution in [2.75, 3.05) is 5.32 Å². The first-order valence-electron chi connectivity index (χ1n) is 5.96. The number of nitro benzene ring substituents is 1. The molecule has 0 atom stereocenters. The summed E-state index contributed by atoms with van der Waals surface area (Å²) >= 11 is 13.8. The number of anilines is 1. The minimum absolute atomic E-state index is 0.116. The third-order valence-corrected chi connectivity index (χ3v) is 4.57. The van der Waals surface area contributed by atoms with Gasteiger partial charge in [-0.25, -0.2) is 0 Å². The Morgan fingerprint density at radius 3 is 2.35 bits per heavy atom. The fourth-order valence-corrected chi connectivity index (χ4v) is 3.22. The molecule has 0 aliphatic heterocycles. The molecule has 7 heteroatoms. The fourth-order valence-electron chi connectivity index (χ4n) is 1.72. The number of rotatable bonds is 5. The van der Waals surface area contributed by atoms with Crippen molar-refractivity contribution in [3.05, 3.63) is 54.2 Å². The van der Waals surface area contributed by atoms with E-state index in [1.807, 2.05) is 6.07 Å². The molecular weight excluding hydrogens is 319 g/mol. The predicted molar refractivity (Wildman–Crippen MR) is 84.1 cm³/mol. The van der Waals surface area contributed by atoms with Crippen LogP contribution in [0.15, 0.2) is 24.3 Å². The number of hydrogen-bond donors (Lipinski definition) is 1. The van der Waals surface area contributed by atoms with Gasteiger partial charge in [-0.2, -0.15) is 0 Å². The Balaban J connectivity index is 2.15. The highest BCUT2D eigenvalue weighted by Gasteiger charge is 2.14. The third-order valence-electron chi connectivity index (χ3n) is 2.74. The first kappa shape index (κ1) is 15.1. The summed E-state index contributed by atoms with van der Waals surface area (Å²) in [6.45, 7) is 2.69. The van der Waals surface area contributed by atoms with Crippen LogP contribution in [0.3, 0.4) is 0 Å². The Labute approximate surface area is 130 Å². The van der Waals surface area contributed by atoms with Gasteiger partial charge in [-0.1, -0.05) is 30.1 Å². The molecule has 0 saturated carbocycles. The zero-order valence-electron chi connectivity index (χ0n) is 10.7. The van der Waals surface area contributed by atoms with Crippen LogP contribution in [0.1, 0.15) is 16.7 Å². The lowest BCUT2D eigenvalue weighted by molar-refractivity contribution is -0.384. The van der Waals surface area contributed by atoms with Gasteiger partial charge in [-0.05, 0) is 18.6 Å². The SMILES string of the molecule is CCc1ccc(CNc2c(Cl)cc([N+](=O)[O-])cc2Cl)s1. The molecule has 1 aromatic carbocycles. The lowest BCUT2D eigenvalue weighted by Gasteiger charge is -2.09. The van der Waals surface area contributed by atoms with Crippen molar-refractivity contribution in [3.63, 3.8) is 0 Å². The van der Waals surface area contributed by atoms with E-state index in [9.17, 15) is 10.1 Å². The minimum atomic E-state index is -0.520. The summed E-state index contributed by atoms with van der Waals surface area (Å²) in [6.07, 6.45) is 1.00. The maximum absolute atomic E-state index is 10.7. The molecule has 4 nitrogen and oxygen atoms in total. The molecule has 2 rings (SSSR count). The zero-order valence-corrected chi connectivity index (χ0v) is 13.0. The summed E-state index contributed by atoms with van der Waals surface area (Å²) in [5, 5.41) is 14.3. The van der Waals surface area contributed by atoms with E-state index in [-0.39, 0.29) is 15.7 Å². The highest BCUT2D eigenvalue weighted by molar-refractivity contribution is 7.12. The number of thiophene rings is 1. The van der Waals surface area contributed by atoms with Gasteiger partial charge < -0.3 is 5.32 Å². The van der Waals surface area contributed by atoms with E-state index in [0.717, 1.165) is 11.3 Å². The van der Waals surface area contributed by atoms with Gasteiger partial charge in [0.25, 0.3) is 5.69 Å². The van der Waals surface area contributed by atoms with Crippen LogP contribution in [-0.4, -0.2) is 4.92 Å². The third kappa shape index (κ3) is 3.42. The van der Waals surface area contributed by atoms with Crippen molar-refractivity contribution in [1.82, 2.24) is 0 Å². The normalized spacial score (nSPS) is 10.6. The van der Waals surface area contributed by atoms with E-state index in [0.29, 0.717) is 12.2 Å². The molecule has 0 fully saturated rings. The predicted octanol–water partition coefficient (Wildman–Crippen LogP) is 5.14. The molecule has 1 aromatic heterocycles. The summed E-state index contributed by atoms with van der Waals surface area (Å²) < 4.78 is 0. The molecule has 1 N–H and O–H groups in total. The van der Waals surface area contributed by atoms with Crippen LogP contribution in [0.4, 0.5) is 11.4 Å². The van der Waals surface area contributed by atoms with E-state index in [2.05, 4.69) is 18.3 Å². The number of nitrogens with one attached hydrogen (secondary N) is 1. The molecule has 2 aromatic rings. The highest BCUT2D eigenvalue weighted by atomic mass is 35.5. The Morgan fingerprint density at radius 2 is 1.85 bits per heavy atom. The van der Waals surface area contributed by atoms with E-state index < -0.39 is 4.92 Å². The van der Waals surface area contributed by atoms with Gasteiger partial charge in [0.15, 0.2) is 0 Å². The molecule has 0 aliphatic rings. The molecular formula is C13H12Cl2N2O2S. The summed E-state index contributed by atoms with van der Waals surface area (Å²) in [6, 6.07) is 6.72. The standard InChI is InChI=1S/C13H12Cl2N2O2S/c1-2-9-3-4-10(20-9)7-16-13-11(14)5-8(17(18)19)6-12(13)15/h3-6,16H,2,7H2,1H3. The second kappa shape index (κ2) is 6.43. The summed E-state index contributed by atoms with van der Waals surface area (Å²) in [5.41, 5.74) is 0.403. The number of halogens is 2. The van der Waals surface area contributed by atoms with E-state index in [1.165, 1.54) is 17.0 Å². The molecule has 0 bridgehead atoms. The van der Waals surface area contributed by atoms with Crippen molar-refractivity contribution < 1.29 is 4.92 Å². The molecule has 0 spiro atoms. The number of aryl methyl sites for hydroxylation is 1. The van der Waals surface area contributed by atoms with E-state index in [1.54, 1.807) is 11.3 Å². The van der Waals surface area contributed by atoms with Crippen molar-refractivity contribution in [2.24, 2.45) is 0 Å². The molecule has 1 heterocycles. The van der Waals surface area contributed by atoms with Crippen molar-refractivity contribution in [1.29, 1.82) is 0 Å². The molecule has 0 unspecified atom stereocenters. The van der Waals surface area contributed by atoms with Crippen LogP contribution in [-0.2, 0) is 13.0 Å². The van der Waals surface area contributed by atoms with Gasteiger partial charge >= 0.3 is 0 Å². The van der Waals surface area contributed by atoms with E-state index in [4.69, 9.17) is 23.2 Å². The summed E-state index contributed by atoms with van der Waals surface area (Å²) in [7, 11) is 0. The monoisotopic (exact) mass is 330 g/mol. The number of non-ortho nitro benzene ring substituents is 1. The lowest BCUT2D eigenvalue weighted by atomic mass is 10.2. The Hall–Kier alpha value is -1.30. The lowest BCUT2D eigenvalue weighted by Crippen LogP contribution is -2.00. The van der Waals surface area contributed by atoms with Crippen molar-refractivity contribution >= 4 is 45.9 Å². The van der Waals surface area contributed by atoms with Gasteiger partial charge in [0.1, 0.15) is 0 Å². The topological polar surface area (TPSA) is 55.2 Å². The van der Waals surface area contributed by atoms with Crippen LogP contribution in [0.25, 0.3) is 0 Å². The van der Waals surface area contributed by atoms with Gasteiger partial charge in [-0.15, -0.1) is 11.3 Å². The number of hydrogen-bond acceptors (Lipinski definition) is 4. The second-order valence-corrected chi connectivity index (χ2v) is 6.18. The van der Waals surface area contributed by atoms with E-state index >= 15 is 0 Å². The number of nitro groups is 1. The average Bonchev–Trinajstić information content (AvgIpc) is 2.85. The Morgan fingerprint density at radius 1 is 1.25 bits per heavy atom. The van der Waals surface area contributed by atoms with Gasteiger partial charge in [-0.3, -0.25) is 10.1 Å². The average molecular weight is 331 g/mol. The van der Waals surface area contributed by atoms with Crippen LogP contribution >= 0.6 is 34.5 Å². The first-order chi connectivity index (χ1) is 9.51. The summed E-state index contributed by atoms with van der Waals surface area (Å²) in [4.78, 5) is 12.6. The summed E-state index contributed by atoms with van der Waals surface area (Å²) in [5.74, 6) is 0. The van der Waals surface area contributed by atoms with Crippen molar-refractivity contribution in [3.8, 4) is 0 Å². The maximum atomic E-state index is 10.7. The smallest absolute Gasteiger partial charge is 0.272 e. The largest absolute Gasteiger partial charge is 0.378 e. The maximum Gasteiger partial charge on any atom is 0.272 e. The molecule has 0 amide bonds. The van der Waals surface area contributed by atoms with Gasteiger partial charge in [0.05, 0.1) is 20.7 Å². The molecule has 106 valence electrons. The minimum Gasteiger partial charge on any atom is -0.378 e. The van der Waals surface area contributed by atoms with Crippen molar-refractivity contribution in [2.45, 2.75) is 19.9 Å². The van der Waals surface area contributed by atoms with Crippen LogP contribution < -0.4 is 5.32 Å². The number of benzene rings is 1. The molecule has 20 heavy (non-hydrogen) atoms. The first-order valence-corrected chi connectivity index (χ1v) is 7.53. The zero-order chi connectivity index (χ0) is 14.7. The quantitative estimate of drug-likeness (QED) is 0.610. The highest BCUT2D eigenvalue weighted by Crippen LogP contribution is 2.35. The molecule has 0 saturated heterocycles. The van der Waals surface area contributed by atoms with Crippen LogP contribution in [0.5, 0.6) is 0 Å². The number of nitrogens with zero attached hydrogens (tertiary/aromatic N) is 1. The Bertz CT molecular complexity index is 620. The van der Waals surface area contributed by atoms with Gasteiger partial charge in [0.2, 0.25) is 0 Å². The molecule has 0 radical (unpaired) electrons. The Kier molecular flexibility index (Phi) is 4.86.